The number of halogens is 1. The molecule has 0 saturated carbocycles. The number of carbonyl (C=O) groups excluding carboxylic acids is 1. The van der Waals surface area contributed by atoms with Gasteiger partial charge in [0.05, 0.1) is 43.2 Å². The summed E-state index contributed by atoms with van der Waals surface area (Å²) < 4.78 is 29.7. The second-order valence-electron chi connectivity index (χ2n) is 8.72. The molecule has 1 aliphatic rings. The standard InChI is InChI=1S/C29H31ClO6/c1-32-20-35-28-15-27(30)23(16-31)12-26(28)29-14-24(34-18-22-10-6-3-7-11-22)13-25(36-29)19-33-17-21-8-4-2-5-9-21/h2-12,15-16,24-25,29H,13-14,17-20H2,1H3. The summed E-state index contributed by atoms with van der Waals surface area (Å²) in [6.07, 6.45) is 1.40. The molecule has 3 atom stereocenters. The first-order valence-electron chi connectivity index (χ1n) is 12.0. The summed E-state index contributed by atoms with van der Waals surface area (Å²) in [5, 5.41) is 0.315. The average molecular weight is 511 g/mol. The lowest BCUT2D eigenvalue weighted by molar-refractivity contribution is -0.142. The van der Waals surface area contributed by atoms with Crippen molar-refractivity contribution in [2.45, 2.75) is 44.4 Å². The van der Waals surface area contributed by atoms with E-state index in [-0.39, 0.29) is 25.1 Å². The molecule has 1 aliphatic heterocycles. The molecular formula is C29H31ClO6. The third-order valence-corrected chi connectivity index (χ3v) is 6.37. The number of hydrogen-bond donors (Lipinski definition) is 0. The molecule has 0 N–H and O–H groups in total. The number of hydrogen-bond acceptors (Lipinski definition) is 6. The number of ether oxygens (including phenoxy) is 5. The number of carbonyl (C=O) groups is 1. The molecule has 0 aromatic heterocycles. The fraction of sp³-hybridized carbons (Fsp3) is 0.345. The monoisotopic (exact) mass is 510 g/mol. The second-order valence-corrected chi connectivity index (χ2v) is 9.12. The van der Waals surface area contributed by atoms with E-state index in [1.165, 1.54) is 0 Å². The molecule has 7 heteroatoms. The van der Waals surface area contributed by atoms with Crippen LogP contribution in [0.2, 0.25) is 5.02 Å². The van der Waals surface area contributed by atoms with Gasteiger partial charge in [0.25, 0.3) is 0 Å². The van der Waals surface area contributed by atoms with Crippen molar-refractivity contribution in [3.63, 3.8) is 0 Å². The van der Waals surface area contributed by atoms with Gasteiger partial charge in [0, 0.05) is 31.1 Å². The van der Waals surface area contributed by atoms with Crippen molar-refractivity contribution in [1.29, 1.82) is 0 Å². The molecule has 6 nitrogen and oxygen atoms in total. The van der Waals surface area contributed by atoms with Gasteiger partial charge in [0.2, 0.25) is 0 Å². The fourth-order valence-electron chi connectivity index (χ4n) is 4.26. The predicted octanol–water partition coefficient (Wildman–Crippen LogP) is 6.16. The average Bonchev–Trinajstić information content (AvgIpc) is 2.92. The summed E-state index contributed by atoms with van der Waals surface area (Å²) in [5.74, 6) is 0.519. The summed E-state index contributed by atoms with van der Waals surface area (Å²) in [7, 11) is 1.55. The second kappa shape index (κ2) is 13.5. The van der Waals surface area contributed by atoms with Crippen LogP contribution in [-0.4, -0.2) is 39.0 Å². The smallest absolute Gasteiger partial charge is 0.188 e. The Labute approximate surface area is 217 Å². The molecule has 1 saturated heterocycles. The number of benzene rings is 3. The SMILES string of the molecule is COCOc1cc(Cl)c(C=O)cc1C1CC(OCc2ccccc2)CC(COCc2ccccc2)O1. The molecule has 0 bridgehead atoms. The van der Waals surface area contributed by atoms with E-state index in [4.69, 9.17) is 35.3 Å². The zero-order valence-corrected chi connectivity index (χ0v) is 21.1. The summed E-state index contributed by atoms with van der Waals surface area (Å²) in [6, 6.07) is 23.5. The summed E-state index contributed by atoms with van der Waals surface area (Å²) in [4.78, 5) is 11.6. The van der Waals surface area contributed by atoms with Crippen LogP contribution in [0.5, 0.6) is 5.75 Å². The van der Waals surface area contributed by atoms with Crippen LogP contribution in [-0.2, 0) is 32.2 Å². The van der Waals surface area contributed by atoms with E-state index >= 15 is 0 Å². The van der Waals surface area contributed by atoms with Gasteiger partial charge in [-0.1, -0.05) is 72.3 Å². The van der Waals surface area contributed by atoms with Gasteiger partial charge >= 0.3 is 0 Å². The molecule has 0 aliphatic carbocycles. The Morgan fingerprint density at radius 3 is 2.33 bits per heavy atom. The van der Waals surface area contributed by atoms with Crippen molar-refractivity contribution in [2.75, 3.05) is 20.5 Å². The van der Waals surface area contributed by atoms with Gasteiger partial charge in [-0.05, 0) is 23.3 Å². The maximum absolute atomic E-state index is 11.6. The molecule has 3 unspecified atom stereocenters. The third-order valence-electron chi connectivity index (χ3n) is 6.04. The van der Waals surface area contributed by atoms with Gasteiger partial charge in [0.1, 0.15) is 5.75 Å². The van der Waals surface area contributed by atoms with Crippen molar-refractivity contribution < 1.29 is 28.5 Å². The molecule has 190 valence electrons. The molecule has 0 amide bonds. The minimum atomic E-state index is -0.368. The fourth-order valence-corrected chi connectivity index (χ4v) is 4.46. The molecule has 1 fully saturated rings. The maximum atomic E-state index is 11.6. The highest BCUT2D eigenvalue weighted by Gasteiger charge is 2.33. The van der Waals surface area contributed by atoms with Gasteiger partial charge in [-0.15, -0.1) is 0 Å². The zero-order chi connectivity index (χ0) is 25.2. The number of methoxy groups -OCH3 is 1. The quantitative estimate of drug-likeness (QED) is 0.215. The predicted molar refractivity (Wildman–Crippen MR) is 137 cm³/mol. The largest absolute Gasteiger partial charge is 0.467 e. The van der Waals surface area contributed by atoms with Crippen molar-refractivity contribution >= 4 is 17.9 Å². The maximum Gasteiger partial charge on any atom is 0.188 e. The van der Waals surface area contributed by atoms with E-state index in [0.717, 1.165) is 23.0 Å². The molecular weight excluding hydrogens is 480 g/mol. The van der Waals surface area contributed by atoms with Crippen LogP contribution in [0.3, 0.4) is 0 Å². The topological polar surface area (TPSA) is 63.2 Å². The van der Waals surface area contributed by atoms with Crippen LogP contribution in [0.1, 0.15) is 46.0 Å². The number of rotatable bonds is 12. The number of aldehydes is 1. The van der Waals surface area contributed by atoms with E-state index in [2.05, 4.69) is 0 Å². The van der Waals surface area contributed by atoms with Gasteiger partial charge in [-0.2, -0.15) is 0 Å². The van der Waals surface area contributed by atoms with E-state index in [9.17, 15) is 4.79 Å². The molecule has 0 radical (unpaired) electrons. The van der Waals surface area contributed by atoms with E-state index in [1.54, 1.807) is 19.2 Å². The first-order valence-corrected chi connectivity index (χ1v) is 12.4. The lowest BCUT2D eigenvalue weighted by Gasteiger charge is -2.36. The molecule has 36 heavy (non-hydrogen) atoms. The van der Waals surface area contributed by atoms with E-state index < -0.39 is 0 Å². The van der Waals surface area contributed by atoms with Crippen LogP contribution in [0.25, 0.3) is 0 Å². The minimum absolute atomic E-state index is 0.0496. The molecule has 3 aromatic carbocycles. The van der Waals surface area contributed by atoms with Gasteiger partial charge < -0.3 is 23.7 Å². The van der Waals surface area contributed by atoms with Crippen LogP contribution >= 0.6 is 11.6 Å². The van der Waals surface area contributed by atoms with Gasteiger partial charge in [-0.3, -0.25) is 4.79 Å². The van der Waals surface area contributed by atoms with Crippen LogP contribution in [0.4, 0.5) is 0 Å². The zero-order valence-electron chi connectivity index (χ0n) is 20.3. The summed E-state index contributed by atoms with van der Waals surface area (Å²) in [5.41, 5.74) is 3.32. The van der Waals surface area contributed by atoms with Gasteiger partial charge in [0.15, 0.2) is 13.1 Å². The van der Waals surface area contributed by atoms with Crippen LogP contribution in [0.15, 0.2) is 72.8 Å². The highest BCUT2D eigenvalue weighted by molar-refractivity contribution is 6.33. The molecule has 4 rings (SSSR count). The third kappa shape index (κ3) is 7.38. The van der Waals surface area contributed by atoms with E-state index in [0.29, 0.717) is 49.0 Å². The van der Waals surface area contributed by atoms with Crippen molar-refractivity contribution in [2.24, 2.45) is 0 Å². The first-order chi connectivity index (χ1) is 17.7. The van der Waals surface area contributed by atoms with Crippen molar-refractivity contribution in [3.8, 4) is 5.75 Å². The Bertz CT molecular complexity index is 1090. The molecule has 1 heterocycles. The lowest BCUT2D eigenvalue weighted by atomic mass is 9.94. The Hall–Kier alpha value is -2.74. The molecule has 0 spiro atoms. The minimum Gasteiger partial charge on any atom is -0.467 e. The lowest BCUT2D eigenvalue weighted by Crippen LogP contribution is -2.36. The molecule has 3 aromatic rings. The highest BCUT2D eigenvalue weighted by Crippen LogP contribution is 2.40. The first kappa shape index (κ1) is 26.3. The van der Waals surface area contributed by atoms with E-state index in [1.807, 2.05) is 60.7 Å². The Balaban J connectivity index is 1.52. The Kier molecular flexibility index (Phi) is 9.90. The van der Waals surface area contributed by atoms with Crippen molar-refractivity contribution in [1.82, 2.24) is 0 Å². The Morgan fingerprint density at radius 1 is 0.972 bits per heavy atom. The van der Waals surface area contributed by atoms with Crippen molar-refractivity contribution in [3.05, 3.63) is 100 Å². The summed E-state index contributed by atoms with van der Waals surface area (Å²) >= 11 is 6.28. The normalized spacial score (nSPS) is 19.7. The summed E-state index contributed by atoms with van der Waals surface area (Å²) in [6.45, 7) is 1.47. The highest BCUT2D eigenvalue weighted by atomic mass is 35.5. The Morgan fingerprint density at radius 2 is 1.67 bits per heavy atom. The van der Waals surface area contributed by atoms with Gasteiger partial charge in [-0.25, -0.2) is 0 Å². The van der Waals surface area contributed by atoms with Crippen LogP contribution < -0.4 is 4.74 Å². The van der Waals surface area contributed by atoms with Crippen LogP contribution in [0, 0.1) is 0 Å².